The largest absolute Gasteiger partial charge is 0.494 e. The molecule has 30 heavy (non-hydrogen) atoms. The summed E-state index contributed by atoms with van der Waals surface area (Å²) >= 11 is 0. The van der Waals surface area contributed by atoms with Crippen LogP contribution in [-0.4, -0.2) is 16.6 Å². The lowest BCUT2D eigenvalue weighted by Crippen LogP contribution is -2.12. The van der Waals surface area contributed by atoms with Gasteiger partial charge in [-0.1, -0.05) is 26.0 Å². The zero-order chi connectivity index (χ0) is 21.7. The highest BCUT2D eigenvalue weighted by Crippen LogP contribution is 2.35. The van der Waals surface area contributed by atoms with Gasteiger partial charge in [0.1, 0.15) is 17.1 Å². The second-order valence-corrected chi connectivity index (χ2v) is 6.94. The molecule has 0 spiro atoms. The number of hydrogen-bond donors (Lipinski definition) is 2. The maximum absolute atomic E-state index is 13.4. The summed E-state index contributed by atoms with van der Waals surface area (Å²) in [7, 11) is 0. The van der Waals surface area contributed by atoms with Gasteiger partial charge < -0.3 is 15.4 Å². The third kappa shape index (κ3) is 5.40. The van der Waals surface area contributed by atoms with Crippen molar-refractivity contribution in [1.82, 2.24) is 9.97 Å². The van der Waals surface area contributed by atoms with Crippen molar-refractivity contribution in [2.24, 2.45) is 0 Å². The monoisotopic (exact) mass is 416 g/mol. The van der Waals surface area contributed by atoms with Gasteiger partial charge in [-0.3, -0.25) is 0 Å². The molecule has 2 aromatic carbocycles. The number of nitrogens with one attached hydrogen (secondary N) is 2. The van der Waals surface area contributed by atoms with Crippen molar-refractivity contribution in [2.75, 3.05) is 17.2 Å². The molecule has 0 saturated heterocycles. The second kappa shape index (κ2) is 9.02. The third-order valence-corrected chi connectivity index (χ3v) is 4.36. The number of anilines is 4. The molecule has 8 heteroatoms. The van der Waals surface area contributed by atoms with Gasteiger partial charge in [-0.25, -0.2) is 4.98 Å². The van der Waals surface area contributed by atoms with Gasteiger partial charge in [0.15, 0.2) is 0 Å². The first-order valence-corrected chi connectivity index (χ1v) is 9.57. The Kier molecular flexibility index (Phi) is 6.44. The topological polar surface area (TPSA) is 59.1 Å². The van der Waals surface area contributed by atoms with Crippen molar-refractivity contribution in [2.45, 2.75) is 32.9 Å². The van der Waals surface area contributed by atoms with E-state index in [1.807, 2.05) is 31.2 Å². The van der Waals surface area contributed by atoms with E-state index in [0.29, 0.717) is 29.6 Å². The second-order valence-electron chi connectivity index (χ2n) is 6.94. The van der Waals surface area contributed by atoms with Crippen LogP contribution in [0.3, 0.4) is 0 Å². The maximum atomic E-state index is 13.4. The van der Waals surface area contributed by atoms with E-state index < -0.39 is 11.7 Å². The first-order valence-electron chi connectivity index (χ1n) is 9.57. The molecular formula is C22H23F3N4O. The van der Waals surface area contributed by atoms with E-state index in [0.717, 1.165) is 11.8 Å². The van der Waals surface area contributed by atoms with Gasteiger partial charge in [-0.05, 0) is 54.8 Å². The van der Waals surface area contributed by atoms with Gasteiger partial charge in [0, 0.05) is 17.6 Å². The van der Waals surface area contributed by atoms with E-state index in [-0.39, 0.29) is 11.8 Å². The molecule has 0 atom stereocenters. The molecule has 0 aliphatic carbocycles. The predicted molar refractivity (Wildman–Crippen MR) is 112 cm³/mol. The molecule has 5 nitrogen and oxygen atoms in total. The van der Waals surface area contributed by atoms with Crippen LogP contribution < -0.4 is 15.4 Å². The van der Waals surface area contributed by atoms with Crippen LogP contribution in [0.1, 0.15) is 37.8 Å². The fraction of sp³-hybridized carbons (Fsp3) is 0.273. The molecular weight excluding hydrogens is 393 g/mol. The minimum atomic E-state index is -4.59. The number of nitrogens with zero attached hydrogens (tertiary/aromatic N) is 2. The van der Waals surface area contributed by atoms with Crippen molar-refractivity contribution in [1.29, 1.82) is 0 Å². The summed E-state index contributed by atoms with van der Waals surface area (Å²) in [5.41, 5.74) is 1.35. The van der Waals surface area contributed by atoms with E-state index >= 15 is 0 Å². The molecule has 0 saturated carbocycles. The van der Waals surface area contributed by atoms with Crippen molar-refractivity contribution < 1.29 is 17.9 Å². The van der Waals surface area contributed by atoms with Crippen LogP contribution in [0.5, 0.6) is 5.75 Å². The Morgan fingerprint density at radius 1 is 0.933 bits per heavy atom. The van der Waals surface area contributed by atoms with Crippen LogP contribution in [0.4, 0.5) is 36.3 Å². The molecule has 0 aliphatic rings. The van der Waals surface area contributed by atoms with Gasteiger partial charge in [0.05, 0.1) is 6.61 Å². The van der Waals surface area contributed by atoms with E-state index in [2.05, 4.69) is 34.4 Å². The highest BCUT2D eigenvalue weighted by atomic mass is 19.4. The zero-order valence-corrected chi connectivity index (χ0v) is 16.9. The lowest BCUT2D eigenvalue weighted by atomic mass is 10.0. The number of ether oxygens (including phenoxy) is 1. The molecule has 3 rings (SSSR count). The molecule has 3 aromatic rings. The van der Waals surface area contributed by atoms with Crippen molar-refractivity contribution in [3.63, 3.8) is 0 Å². The highest BCUT2D eigenvalue weighted by Gasteiger charge is 2.35. The SMILES string of the molecule is CCOc1ccc(Nc2nc(Nc3ccc(C(C)C)cc3)ncc2C(F)(F)F)cc1. The van der Waals surface area contributed by atoms with Crippen LogP contribution in [0, 0.1) is 0 Å². The molecule has 2 N–H and O–H groups in total. The predicted octanol–water partition coefficient (Wildman–Crippen LogP) is 6.50. The third-order valence-electron chi connectivity index (χ3n) is 4.36. The van der Waals surface area contributed by atoms with Gasteiger partial charge in [-0.15, -0.1) is 0 Å². The van der Waals surface area contributed by atoms with E-state index in [4.69, 9.17) is 4.74 Å². The standard InChI is InChI=1S/C22H23F3N4O/c1-4-30-18-11-9-16(10-12-18)27-20-19(22(23,24)25)13-26-21(29-20)28-17-7-5-15(6-8-17)14(2)3/h5-14H,4H2,1-3H3,(H2,26,27,28,29). The molecule has 0 bridgehead atoms. The van der Waals surface area contributed by atoms with E-state index in [1.165, 1.54) is 0 Å². The van der Waals surface area contributed by atoms with Gasteiger partial charge in [0.25, 0.3) is 0 Å². The highest BCUT2D eigenvalue weighted by molar-refractivity contribution is 5.63. The summed E-state index contributed by atoms with van der Waals surface area (Å²) < 4.78 is 45.7. The van der Waals surface area contributed by atoms with Gasteiger partial charge in [0.2, 0.25) is 5.95 Å². The minimum absolute atomic E-state index is 0.0636. The van der Waals surface area contributed by atoms with E-state index in [9.17, 15) is 13.2 Å². The van der Waals surface area contributed by atoms with Gasteiger partial charge >= 0.3 is 6.18 Å². The average Bonchev–Trinajstić information content (AvgIpc) is 2.69. The quantitative estimate of drug-likeness (QED) is 0.460. The maximum Gasteiger partial charge on any atom is 0.421 e. The number of halogens is 3. The van der Waals surface area contributed by atoms with Crippen molar-refractivity contribution in [3.05, 3.63) is 65.9 Å². The molecule has 158 valence electrons. The molecule has 1 aromatic heterocycles. The molecule has 0 aliphatic heterocycles. The Hall–Kier alpha value is -3.29. The molecule has 0 fully saturated rings. The Morgan fingerprint density at radius 3 is 2.10 bits per heavy atom. The first-order chi connectivity index (χ1) is 14.3. The Balaban J connectivity index is 1.86. The Morgan fingerprint density at radius 2 is 1.53 bits per heavy atom. The first kappa shape index (κ1) is 21.4. The van der Waals surface area contributed by atoms with Gasteiger partial charge in [-0.2, -0.15) is 18.2 Å². The van der Waals surface area contributed by atoms with Crippen LogP contribution in [0.15, 0.2) is 54.7 Å². The number of hydrogen-bond acceptors (Lipinski definition) is 5. The minimum Gasteiger partial charge on any atom is -0.494 e. The number of rotatable bonds is 7. The molecule has 1 heterocycles. The zero-order valence-electron chi connectivity index (χ0n) is 16.9. The molecule has 0 amide bonds. The summed E-state index contributed by atoms with van der Waals surface area (Å²) in [6.45, 7) is 6.53. The van der Waals surface area contributed by atoms with Crippen molar-refractivity contribution in [3.8, 4) is 5.75 Å². The summed E-state index contributed by atoms with van der Waals surface area (Å²) in [5, 5.41) is 5.68. The van der Waals surface area contributed by atoms with Crippen molar-refractivity contribution >= 4 is 23.1 Å². The van der Waals surface area contributed by atoms with Crippen LogP contribution in [0.2, 0.25) is 0 Å². The summed E-state index contributed by atoms with van der Waals surface area (Å²) in [6, 6.07) is 14.2. The fourth-order valence-electron chi connectivity index (χ4n) is 2.76. The number of benzene rings is 2. The molecule has 0 unspecified atom stereocenters. The number of alkyl halides is 3. The average molecular weight is 416 g/mol. The molecule has 0 radical (unpaired) electrons. The summed E-state index contributed by atoms with van der Waals surface area (Å²) in [6.07, 6.45) is -3.82. The number of aromatic nitrogens is 2. The summed E-state index contributed by atoms with van der Waals surface area (Å²) in [5.74, 6) is 0.747. The van der Waals surface area contributed by atoms with Crippen LogP contribution in [-0.2, 0) is 6.18 Å². The smallest absolute Gasteiger partial charge is 0.421 e. The van der Waals surface area contributed by atoms with E-state index in [1.54, 1.807) is 24.3 Å². The lowest BCUT2D eigenvalue weighted by Gasteiger charge is -2.15. The van der Waals surface area contributed by atoms with Crippen LogP contribution in [0.25, 0.3) is 0 Å². The normalized spacial score (nSPS) is 11.4. The summed E-state index contributed by atoms with van der Waals surface area (Å²) in [4.78, 5) is 7.90. The Bertz CT molecular complexity index is 971. The fourth-order valence-corrected chi connectivity index (χ4v) is 2.76. The Labute approximate surface area is 173 Å². The van der Waals surface area contributed by atoms with Crippen LogP contribution >= 0.6 is 0 Å². The lowest BCUT2D eigenvalue weighted by molar-refractivity contribution is -0.137.